The van der Waals surface area contributed by atoms with Gasteiger partial charge in [-0.15, -0.1) is 29.9 Å². The molecule has 0 radical (unpaired) electrons. The van der Waals surface area contributed by atoms with Crippen molar-refractivity contribution in [2.45, 2.75) is 73.6 Å². The molecule has 180 valence electrons. The van der Waals surface area contributed by atoms with Crippen LogP contribution in [0.15, 0.2) is 11.6 Å². The Morgan fingerprint density at radius 3 is 2.47 bits per heavy atom. The van der Waals surface area contributed by atoms with Crippen LogP contribution in [0.4, 0.5) is 0 Å². The maximum atomic E-state index is 12.7. The monoisotopic (exact) mass is 494 g/mol. The minimum atomic E-state index is -1.07. The van der Waals surface area contributed by atoms with Gasteiger partial charge in [0, 0.05) is 22.7 Å². The third-order valence-corrected chi connectivity index (χ3v) is 14.6. The summed E-state index contributed by atoms with van der Waals surface area (Å²) < 4.78 is 0.311. The van der Waals surface area contributed by atoms with Crippen LogP contribution in [0.3, 0.4) is 0 Å². The molecule has 5 rings (SSSR count). The fourth-order valence-corrected chi connectivity index (χ4v) is 13.9. The Kier molecular flexibility index (Phi) is 5.91. The minimum Gasteiger partial charge on any atom is -0.389 e. The third kappa shape index (κ3) is 3.48. The first kappa shape index (κ1) is 24.0. The summed E-state index contributed by atoms with van der Waals surface area (Å²) in [7, 11) is -0.911. The van der Waals surface area contributed by atoms with E-state index in [1.54, 1.807) is 5.57 Å². The van der Waals surface area contributed by atoms with Crippen LogP contribution in [0.1, 0.15) is 58.3 Å². The minimum absolute atomic E-state index is 0.311. The van der Waals surface area contributed by atoms with E-state index in [1.165, 1.54) is 30.8 Å². The van der Waals surface area contributed by atoms with Crippen LogP contribution >= 0.6 is 33.6 Å². The molecule has 1 spiro atoms. The Labute approximate surface area is 205 Å². The maximum absolute atomic E-state index is 12.7. The van der Waals surface area contributed by atoms with Crippen LogP contribution in [0, 0.1) is 41.4 Å². The number of terminal acetylenes is 1. The molecule has 0 bridgehead atoms. The summed E-state index contributed by atoms with van der Waals surface area (Å²) in [6, 6.07) is 0. The zero-order valence-electron chi connectivity index (χ0n) is 20.4. The maximum Gasteiger partial charge on any atom is 0.131 e. The molecule has 5 heteroatoms. The predicted molar refractivity (Wildman–Crippen MR) is 144 cm³/mol. The first-order valence-electron chi connectivity index (χ1n) is 12.6. The van der Waals surface area contributed by atoms with E-state index in [9.17, 15) is 10.2 Å². The van der Waals surface area contributed by atoms with Crippen molar-refractivity contribution in [1.29, 1.82) is 0 Å². The summed E-state index contributed by atoms with van der Waals surface area (Å²) in [5, 5.41) is 24.4. The van der Waals surface area contributed by atoms with Gasteiger partial charge < -0.3 is 10.2 Å². The second kappa shape index (κ2) is 7.89. The number of hydrogen-bond acceptors (Lipinski definition) is 4. The Morgan fingerprint density at radius 2 is 1.84 bits per heavy atom. The van der Waals surface area contributed by atoms with Gasteiger partial charge in [-0.1, -0.05) is 24.5 Å². The molecule has 4 aliphatic carbocycles. The summed E-state index contributed by atoms with van der Waals surface area (Å²) in [6.07, 6.45) is 23.8. The molecule has 0 aromatic carbocycles. The molecule has 0 aromatic heterocycles. The van der Waals surface area contributed by atoms with Crippen LogP contribution in [-0.4, -0.2) is 61.5 Å². The van der Waals surface area contributed by atoms with Gasteiger partial charge in [-0.3, -0.25) is 0 Å². The Morgan fingerprint density at radius 1 is 1.12 bits per heavy atom. The van der Waals surface area contributed by atoms with Gasteiger partial charge in [0.2, 0.25) is 0 Å². The molecule has 6 unspecified atom stereocenters. The largest absolute Gasteiger partial charge is 0.389 e. The summed E-state index contributed by atoms with van der Waals surface area (Å²) in [4.78, 5) is 0. The van der Waals surface area contributed by atoms with Crippen molar-refractivity contribution in [2.75, 3.05) is 36.0 Å². The Hall–Kier alpha value is 0.270. The van der Waals surface area contributed by atoms with E-state index in [-0.39, 0.29) is 5.41 Å². The first-order chi connectivity index (χ1) is 15.0. The zero-order valence-corrected chi connectivity index (χ0v) is 22.8. The standard InChI is InChI=1S/C27H42O2S3/c1-6-24-17-25(28,18-32(3,4)5)23-20-10-13-27(30-14-15-31-27)16-19(20)8-9-21(23)22(24)11-12-26(24,29)7-2/h2,16,20-23,28-29H,6,8-15,17-18H2,1,3-5H3/t20?,21?,22?,23?,24?,25?,26-/m0/s1. The van der Waals surface area contributed by atoms with Crippen molar-refractivity contribution in [3.63, 3.8) is 0 Å². The Balaban J connectivity index is 1.59. The highest BCUT2D eigenvalue weighted by molar-refractivity contribution is 8.32. The van der Waals surface area contributed by atoms with Crippen LogP contribution in [-0.2, 0) is 0 Å². The van der Waals surface area contributed by atoms with E-state index in [4.69, 9.17) is 6.42 Å². The highest BCUT2D eigenvalue weighted by Crippen LogP contribution is 2.70. The Bertz CT molecular complexity index is 835. The lowest BCUT2D eigenvalue weighted by atomic mass is 9.45. The first-order valence-corrected chi connectivity index (χ1v) is 17.6. The average molecular weight is 495 g/mol. The molecule has 4 fully saturated rings. The summed E-state index contributed by atoms with van der Waals surface area (Å²) in [5.74, 6) is 8.04. The molecule has 0 aromatic rings. The van der Waals surface area contributed by atoms with Crippen LogP contribution in [0.2, 0.25) is 0 Å². The average Bonchev–Trinajstić information content (AvgIpc) is 3.29. The lowest BCUT2D eigenvalue weighted by Crippen LogP contribution is -2.65. The molecule has 32 heavy (non-hydrogen) atoms. The number of allylic oxidation sites excluding steroid dienone is 1. The molecular formula is C27H42O2S3. The van der Waals surface area contributed by atoms with Gasteiger partial charge in [-0.2, -0.15) is 0 Å². The van der Waals surface area contributed by atoms with Gasteiger partial charge >= 0.3 is 0 Å². The van der Waals surface area contributed by atoms with Gasteiger partial charge in [0.15, 0.2) is 0 Å². The highest BCUT2D eigenvalue weighted by Gasteiger charge is 2.69. The number of thioether (sulfide) groups is 2. The molecule has 5 aliphatic rings. The van der Waals surface area contributed by atoms with Crippen molar-refractivity contribution in [2.24, 2.45) is 29.1 Å². The molecule has 0 amide bonds. The van der Waals surface area contributed by atoms with Crippen molar-refractivity contribution in [3.05, 3.63) is 11.6 Å². The van der Waals surface area contributed by atoms with E-state index < -0.39 is 21.2 Å². The smallest absolute Gasteiger partial charge is 0.131 e. The van der Waals surface area contributed by atoms with Gasteiger partial charge in [-0.05, 0) is 93.8 Å². The summed E-state index contributed by atoms with van der Waals surface area (Å²) in [5.41, 5.74) is -0.486. The fraction of sp³-hybridized carbons (Fsp3) is 0.852. The molecule has 2 N–H and O–H groups in total. The van der Waals surface area contributed by atoms with E-state index in [0.29, 0.717) is 40.6 Å². The number of rotatable bonds is 3. The fourth-order valence-electron chi connectivity index (χ4n) is 8.96. The third-order valence-electron chi connectivity index (χ3n) is 9.78. The quantitative estimate of drug-likeness (QED) is 0.400. The number of aliphatic hydroxyl groups is 2. The number of hydrogen-bond donors (Lipinski definition) is 2. The van der Waals surface area contributed by atoms with E-state index in [1.807, 2.05) is 0 Å². The predicted octanol–water partition coefficient (Wildman–Crippen LogP) is 5.52. The van der Waals surface area contributed by atoms with Crippen molar-refractivity contribution in [3.8, 4) is 12.3 Å². The lowest BCUT2D eigenvalue weighted by Gasteiger charge is -2.63. The topological polar surface area (TPSA) is 40.5 Å². The molecule has 1 heterocycles. The normalized spacial score (nSPS) is 47.8. The molecule has 2 nitrogen and oxygen atoms in total. The summed E-state index contributed by atoms with van der Waals surface area (Å²) >= 11 is 4.31. The highest BCUT2D eigenvalue weighted by atomic mass is 32.3. The second-order valence-corrected chi connectivity index (χ2v) is 19.9. The molecule has 1 saturated heterocycles. The molecule has 1 aliphatic heterocycles. The SMILES string of the molecule is C#C[C@]1(O)CCC2C3CCC4=CC5(CCC4C3C(O)(CS(C)(C)C)CC21CC)SCCS5. The molecular weight excluding hydrogens is 452 g/mol. The van der Waals surface area contributed by atoms with Gasteiger partial charge in [-0.25, -0.2) is 10.0 Å². The zero-order chi connectivity index (χ0) is 23.0. The molecule has 3 saturated carbocycles. The molecule has 7 atom stereocenters. The van der Waals surface area contributed by atoms with Crippen molar-refractivity contribution in [1.82, 2.24) is 0 Å². The number of fused-ring (bicyclic) bond motifs is 5. The van der Waals surface area contributed by atoms with E-state index in [2.05, 4.69) is 61.2 Å². The van der Waals surface area contributed by atoms with Gasteiger partial charge in [0.05, 0.1) is 9.68 Å². The van der Waals surface area contributed by atoms with Crippen molar-refractivity contribution >= 4 is 33.6 Å². The van der Waals surface area contributed by atoms with E-state index >= 15 is 0 Å². The van der Waals surface area contributed by atoms with Crippen LogP contribution < -0.4 is 0 Å². The van der Waals surface area contributed by atoms with Crippen LogP contribution in [0.25, 0.3) is 0 Å². The van der Waals surface area contributed by atoms with Crippen molar-refractivity contribution < 1.29 is 10.2 Å². The van der Waals surface area contributed by atoms with E-state index in [0.717, 1.165) is 25.0 Å². The second-order valence-electron chi connectivity index (χ2n) is 12.3. The van der Waals surface area contributed by atoms with Gasteiger partial charge in [0.25, 0.3) is 0 Å². The van der Waals surface area contributed by atoms with Gasteiger partial charge in [0.1, 0.15) is 5.60 Å². The van der Waals surface area contributed by atoms with Crippen LogP contribution in [0.5, 0.6) is 0 Å². The summed E-state index contributed by atoms with van der Waals surface area (Å²) in [6.45, 7) is 2.21. The lowest BCUT2D eigenvalue weighted by molar-refractivity contribution is -0.189.